The first-order valence-electron chi connectivity index (χ1n) is 19.0. The average molecular weight is 732 g/mol. The van der Waals surface area contributed by atoms with Crippen LogP contribution in [0.25, 0.3) is 124 Å². The highest BCUT2D eigenvalue weighted by Crippen LogP contribution is 2.49. The normalized spacial score (nSPS) is 12.4. The topological polar surface area (TPSA) is 43.9 Å². The van der Waals surface area contributed by atoms with E-state index >= 15 is 0 Å². The Kier molecular flexibility index (Phi) is 5.95. The number of aromatic nitrogens is 3. The lowest BCUT2D eigenvalue weighted by molar-refractivity contribution is 0.655. The third-order valence-corrected chi connectivity index (χ3v) is 13.0. The molecule has 0 amide bonds. The van der Waals surface area contributed by atoms with E-state index in [0.29, 0.717) is 5.71 Å². The summed E-state index contributed by atoms with van der Waals surface area (Å²) in [6.45, 7) is 2.13. The van der Waals surface area contributed by atoms with E-state index in [9.17, 15) is 0 Å². The van der Waals surface area contributed by atoms with Gasteiger partial charge in [0.2, 0.25) is 5.71 Å². The van der Waals surface area contributed by atoms with Gasteiger partial charge in [-0.2, -0.15) is 4.98 Å². The first-order chi connectivity index (χ1) is 27.7. The smallest absolute Gasteiger partial charge is 0.248 e. The van der Waals surface area contributed by atoms with Crippen LogP contribution in [0.1, 0.15) is 5.56 Å². The van der Waals surface area contributed by atoms with Crippen LogP contribution >= 0.6 is 11.3 Å². The number of benzene rings is 9. The van der Waals surface area contributed by atoms with Crippen molar-refractivity contribution in [1.29, 1.82) is 0 Å². The second-order valence-electron chi connectivity index (χ2n) is 14.9. The summed E-state index contributed by atoms with van der Waals surface area (Å²) in [5, 5.41) is 15.4. The van der Waals surface area contributed by atoms with Gasteiger partial charge in [-0.1, -0.05) is 145 Å². The first-order valence-corrected chi connectivity index (χ1v) is 19.8. The van der Waals surface area contributed by atoms with E-state index in [2.05, 4.69) is 169 Å². The minimum absolute atomic E-state index is 0.526. The fourth-order valence-corrected chi connectivity index (χ4v) is 10.6. The molecule has 0 N–H and O–H groups in total. The summed E-state index contributed by atoms with van der Waals surface area (Å²) in [4.78, 5) is 11.2. The number of furan rings is 1. The van der Waals surface area contributed by atoms with Crippen molar-refractivity contribution in [2.75, 3.05) is 0 Å². The van der Waals surface area contributed by atoms with Crippen molar-refractivity contribution >= 4 is 119 Å². The highest BCUT2D eigenvalue weighted by molar-refractivity contribution is 7.27. The van der Waals surface area contributed by atoms with Crippen molar-refractivity contribution in [3.05, 3.63) is 163 Å². The molecule has 9 aromatic carbocycles. The summed E-state index contributed by atoms with van der Waals surface area (Å²) in [6, 6.07) is 56.8. The van der Waals surface area contributed by atoms with E-state index in [1.54, 1.807) is 0 Å². The van der Waals surface area contributed by atoms with Gasteiger partial charge in [-0.3, -0.25) is 4.57 Å². The maximum Gasteiger partial charge on any atom is 0.248 e. The first kappa shape index (κ1) is 30.3. The van der Waals surface area contributed by atoms with Crippen LogP contribution in [0.15, 0.2) is 162 Å². The molecule has 0 aliphatic heterocycles. The third kappa shape index (κ3) is 3.97. The molecule has 0 spiro atoms. The molecule has 5 heteroatoms. The van der Waals surface area contributed by atoms with Crippen molar-refractivity contribution in [3.8, 4) is 17.1 Å². The molecule has 0 radical (unpaired) electrons. The Morgan fingerprint density at radius 3 is 1.86 bits per heavy atom. The lowest BCUT2D eigenvalue weighted by Gasteiger charge is -2.13. The molecule has 4 nitrogen and oxygen atoms in total. The maximum absolute atomic E-state index is 6.91. The molecule has 4 heterocycles. The van der Waals surface area contributed by atoms with Gasteiger partial charge in [-0.25, -0.2) is 4.98 Å². The monoisotopic (exact) mass is 731 g/mol. The van der Waals surface area contributed by atoms with E-state index in [0.717, 1.165) is 60.8 Å². The molecular formula is C51H29N3OS. The van der Waals surface area contributed by atoms with Gasteiger partial charge in [0, 0.05) is 37.2 Å². The van der Waals surface area contributed by atoms with Crippen LogP contribution in [-0.2, 0) is 0 Å². The number of aryl methyl sites for hydroxylation is 1. The predicted molar refractivity (Wildman–Crippen MR) is 237 cm³/mol. The lowest BCUT2D eigenvalue weighted by atomic mass is 9.98. The second kappa shape index (κ2) is 11.0. The van der Waals surface area contributed by atoms with Crippen molar-refractivity contribution in [1.82, 2.24) is 14.5 Å². The van der Waals surface area contributed by atoms with Crippen LogP contribution in [0.4, 0.5) is 0 Å². The van der Waals surface area contributed by atoms with Gasteiger partial charge in [-0.05, 0) is 62.8 Å². The van der Waals surface area contributed by atoms with Gasteiger partial charge in [0.05, 0.1) is 21.1 Å². The standard InChI is InChI=1S/C51H29N3OS/c1-28-22-24-29(25-23-28)45-50(53-51-46(52-45)44-34-16-6-4-14-32(34)33-15-5-9-19-37(33)48(44)55-51)54-40-21-11-10-20-38(40)42-35-17-7-8-18-36(35)43-39-26-30-12-2-3-13-31(30)27-41(39)56-49(43)47(42)54/h2-27H,1H3. The molecule has 0 atom stereocenters. The van der Waals surface area contributed by atoms with E-state index in [4.69, 9.17) is 14.4 Å². The molecule has 0 saturated carbocycles. The fourth-order valence-electron chi connectivity index (χ4n) is 9.34. The van der Waals surface area contributed by atoms with Gasteiger partial charge >= 0.3 is 0 Å². The SMILES string of the molecule is Cc1ccc(-c2nc3c(nc2-n2c4ccccc4c4c5ccccc5c5c6cc7ccccc7cc6sc5c42)oc2c4ccccc4c4ccccc4c32)cc1. The second-order valence-corrected chi connectivity index (χ2v) is 16.0. The molecule has 4 aromatic heterocycles. The highest BCUT2D eigenvalue weighted by atomic mass is 32.1. The molecule has 0 aliphatic rings. The minimum atomic E-state index is 0.526. The fraction of sp³-hybridized carbons (Fsp3) is 0.0196. The van der Waals surface area contributed by atoms with Crippen LogP contribution in [0.2, 0.25) is 0 Å². The summed E-state index contributed by atoms with van der Waals surface area (Å²) >= 11 is 1.87. The Morgan fingerprint density at radius 1 is 0.518 bits per heavy atom. The molecule has 0 bridgehead atoms. The molecule has 260 valence electrons. The van der Waals surface area contributed by atoms with E-state index in [-0.39, 0.29) is 0 Å². The van der Waals surface area contributed by atoms with Crippen molar-refractivity contribution < 1.29 is 4.42 Å². The van der Waals surface area contributed by atoms with Crippen LogP contribution in [0.5, 0.6) is 0 Å². The lowest BCUT2D eigenvalue weighted by Crippen LogP contribution is -2.03. The molecule has 0 fully saturated rings. The summed E-state index contributed by atoms with van der Waals surface area (Å²) in [6.07, 6.45) is 0. The maximum atomic E-state index is 6.91. The van der Waals surface area contributed by atoms with Crippen LogP contribution in [0, 0.1) is 6.92 Å². The van der Waals surface area contributed by atoms with Gasteiger partial charge in [0.1, 0.15) is 16.8 Å². The van der Waals surface area contributed by atoms with Crippen LogP contribution < -0.4 is 0 Å². The zero-order valence-corrected chi connectivity index (χ0v) is 31.0. The number of para-hydroxylation sites is 1. The Bertz CT molecular complexity index is 3830. The van der Waals surface area contributed by atoms with Crippen molar-refractivity contribution in [2.24, 2.45) is 0 Å². The molecular weight excluding hydrogens is 703 g/mol. The van der Waals surface area contributed by atoms with Gasteiger partial charge in [-0.15, -0.1) is 11.3 Å². The predicted octanol–water partition coefficient (Wildman–Crippen LogP) is 14.4. The quantitative estimate of drug-likeness (QED) is 0.166. The highest BCUT2D eigenvalue weighted by Gasteiger charge is 2.27. The number of thiophene rings is 1. The average Bonchev–Trinajstić information content (AvgIpc) is 3.93. The van der Waals surface area contributed by atoms with Crippen LogP contribution in [0.3, 0.4) is 0 Å². The Balaban J connectivity index is 1.26. The molecule has 0 unspecified atom stereocenters. The zero-order chi connectivity index (χ0) is 36.6. The molecule has 0 saturated heterocycles. The number of nitrogens with zero attached hydrogens (tertiary/aromatic N) is 3. The third-order valence-electron chi connectivity index (χ3n) is 11.8. The summed E-state index contributed by atoms with van der Waals surface area (Å²) < 4.78 is 11.8. The number of rotatable bonds is 2. The van der Waals surface area contributed by atoms with Gasteiger partial charge in [0.25, 0.3) is 0 Å². The largest absolute Gasteiger partial charge is 0.436 e. The molecule has 13 aromatic rings. The van der Waals surface area contributed by atoms with E-state index in [1.807, 2.05) is 11.3 Å². The van der Waals surface area contributed by atoms with Crippen molar-refractivity contribution in [3.63, 3.8) is 0 Å². The Morgan fingerprint density at radius 2 is 1.11 bits per heavy atom. The Hall–Kier alpha value is -7.08. The molecule has 56 heavy (non-hydrogen) atoms. The molecule has 0 aliphatic carbocycles. The van der Waals surface area contributed by atoms with Crippen molar-refractivity contribution in [2.45, 2.75) is 6.92 Å². The Labute approximate surface area is 323 Å². The minimum Gasteiger partial charge on any atom is -0.436 e. The van der Waals surface area contributed by atoms with Gasteiger partial charge in [0.15, 0.2) is 5.82 Å². The van der Waals surface area contributed by atoms with Gasteiger partial charge < -0.3 is 4.42 Å². The summed E-state index contributed by atoms with van der Waals surface area (Å²) in [5.41, 5.74) is 7.34. The van der Waals surface area contributed by atoms with E-state index < -0.39 is 0 Å². The van der Waals surface area contributed by atoms with Crippen LogP contribution in [-0.4, -0.2) is 14.5 Å². The van der Waals surface area contributed by atoms with E-state index in [1.165, 1.54) is 63.4 Å². The molecule has 13 rings (SSSR count). The number of hydrogen-bond acceptors (Lipinski definition) is 4. The summed E-state index contributed by atoms with van der Waals surface area (Å²) in [5.74, 6) is 0.749. The number of hydrogen-bond donors (Lipinski definition) is 0. The zero-order valence-electron chi connectivity index (χ0n) is 30.2. The number of fused-ring (bicyclic) bond motifs is 19. The summed E-state index contributed by atoms with van der Waals surface area (Å²) in [7, 11) is 0.